The first-order valence-corrected chi connectivity index (χ1v) is 6.05. The van der Waals surface area contributed by atoms with Crippen molar-refractivity contribution in [3.63, 3.8) is 0 Å². The molecule has 2 aromatic rings. The Labute approximate surface area is 110 Å². The Morgan fingerprint density at radius 3 is 2.95 bits per heavy atom. The van der Waals surface area contributed by atoms with Crippen molar-refractivity contribution in [3.8, 4) is 5.75 Å². The minimum atomic E-state index is -0.327. The number of ether oxygens (including phenoxy) is 1. The van der Waals surface area contributed by atoms with Crippen LogP contribution in [0.25, 0.3) is 0 Å². The summed E-state index contributed by atoms with van der Waals surface area (Å²) in [6, 6.07) is 4.73. The fourth-order valence-corrected chi connectivity index (χ4v) is 1.75. The van der Waals surface area contributed by atoms with Gasteiger partial charge in [0.1, 0.15) is 11.6 Å². The lowest BCUT2D eigenvalue weighted by Gasteiger charge is -2.05. The molecule has 0 aliphatic carbocycles. The summed E-state index contributed by atoms with van der Waals surface area (Å²) in [5, 5.41) is 16.6. The number of nitrogens with zero attached hydrogens (tertiary/aromatic N) is 3. The number of methoxy groups -OCH3 is 1. The van der Waals surface area contributed by atoms with Crippen LogP contribution in [0, 0.1) is 5.82 Å². The second-order valence-electron chi connectivity index (χ2n) is 4.19. The van der Waals surface area contributed by atoms with Crippen LogP contribution in [0.1, 0.15) is 17.7 Å². The first-order chi connectivity index (χ1) is 9.22. The highest BCUT2D eigenvalue weighted by Gasteiger charge is 2.07. The predicted octanol–water partition coefficient (Wildman–Crippen LogP) is 1.40. The topological polar surface area (TPSA) is 60.2 Å². The number of benzene rings is 1. The van der Waals surface area contributed by atoms with Crippen LogP contribution in [-0.2, 0) is 13.0 Å². The Hall–Kier alpha value is -1.95. The molecule has 2 rings (SSSR count). The van der Waals surface area contributed by atoms with Crippen molar-refractivity contribution in [3.05, 3.63) is 41.5 Å². The summed E-state index contributed by atoms with van der Waals surface area (Å²) in [5.41, 5.74) is 1.32. The molecule has 0 saturated heterocycles. The van der Waals surface area contributed by atoms with Gasteiger partial charge in [0.2, 0.25) is 0 Å². The summed E-state index contributed by atoms with van der Waals surface area (Å²) in [4.78, 5) is 0. The lowest BCUT2D eigenvalue weighted by molar-refractivity contribution is 0.288. The molecule has 102 valence electrons. The van der Waals surface area contributed by atoms with E-state index in [1.54, 1.807) is 23.0 Å². The lowest BCUT2D eigenvalue weighted by atomic mass is 10.2. The molecule has 0 spiro atoms. The molecule has 6 heteroatoms. The number of hydrogen-bond donors (Lipinski definition) is 1. The van der Waals surface area contributed by atoms with Crippen molar-refractivity contribution in [2.45, 2.75) is 19.4 Å². The van der Waals surface area contributed by atoms with E-state index in [0.717, 1.165) is 5.69 Å². The quantitative estimate of drug-likeness (QED) is 0.857. The largest absolute Gasteiger partial charge is 0.497 e. The highest BCUT2D eigenvalue weighted by Crippen LogP contribution is 2.17. The van der Waals surface area contributed by atoms with Crippen LogP contribution < -0.4 is 4.74 Å². The summed E-state index contributed by atoms with van der Waals surface area (Å²) in [7, 11) is 1.50. The number of aliphatic hydroxyl groups is 1. The molecule has 19 heavy (non-hydrogen) atoms. The Morgan fingerprint density at radius 1 is 1.42 bits per heavy atom. The van der Waals surface area contributed by atoms with E-state index in [1.807, 2.05) is 0 Å². The van der Waals surface area contributed by atoms with Gasteiger partial charge in [-0.1, -0.05) is 11.3 Å². The molecule has 0 amide bonds. The molecule has 1 heterocycles. The van der Waals surface area contributed by atoms with E-state index in [4.69, 9.17) is 9.84 Å². The van der Waals surface area contributed by atoms with Crippen LogP contribution in [0.4, 0.5) is 4.39 Å². The molecule has 1 aromatic carbocycles. The van der Waals surface area contributed by atoms with E-state index in [2.05, 4.69) is 10.3 Å². The summed E-state index contributed by atoms with van der Waals surface area (Å²) in [6.07, 6.45) is 3.08. The average molecular weight is 265 g/mol. The van der Waals surface area contributed by atoms with Gasteiger partial charge in [0.15, 0.2) is 0 Å². The normalized spacial score (nSPS) is 10.7. The molecule has 0 bridgehead atoms. The Balaban J connectivity index is 2.06. The third-order valence-corrected chi connectivity index (χ3v) is 2.77. The van der Waals surface area contributed by atoms with E-state index in [9.17, 15) is 4.39 Å². The second kappa shape index (κ2) is 6.29. The van der Waals surface area contributed by atoms with Gasteiger partial charge in [-0.15, -0.1) is 5.10 Å². The molecule has 0 aliphatic rings. The van der Waals surface area contributed by atoms with Gasteiger partial charge in [-0.05, 0) is 18.9 Å². The number of halogens is 1. The Kier molecular flexibility index (Phi) is 4.46. The minimum absolute atomic E-state index is 0.125. The highest BCUT2D eigenvalue weighted by atomic mass is 19.1. The third-order valence-electron chi connectivity index (χ3n) is 2.77. The number of aryl methyl sites for hydroxylation is 1. The van der Waals surface area contributed by atoms with Crippen molar-refractivity contribution in [1.29, 1.82) is 0 Å². The maximum atomic E-state index is 13.8. The zero-order valence-corrected chi connectivity index (χ0v) is 10.7. The van der Waals surface area contributed by atoms with Crippen molar-refractivity contribution in [2.24, 2.45) is 0 Å². The number of hydrogen-bond acceptors (Lipinski definition) is 4. The van der Waals surface area contributed by atoms with Gasteiger partial charge < -0.3 is 9.84 Å². The first-order valence-electron chi connectivity index (χ1n) is 6.05. The van der Waals surface area contributed by atoms with Gasteiger partial charge in [0.25, 0.3) is 0 Å². The highest BCUT2D eigenvalue weighted by molar-refractivity contribution is 5.28. The van der Waals surface area contributed by atoms with Crippen molar-refractivity contribution >= 4 is 0 Å². The number of rotatable bonds is 6. The molecule has 0 radical (unpaired) electrons. The van der Waals surface area contributed by atoms with Crippen LogP contribution in [0.5, 0.6) is 5.75 Å². The van der Waals surface area contributed by atoms with Crippen molar-refractivity contribution < 1.29 is 14.2 Å². The maximum Gasteiger partial charge on any atom is 0.131 e. The Bertz CT molecular complexity index is 542. The number of aromatic nitrogens is 3. The van der Waals surface area contributed by atoms with E-state index in [-0.39, 0.29) is 12.4 Å². The molecule has 0 atom stereocenters. The molecule has 1 aromatic heterocycles. The van der Waals surface area contributed by atoms with Gasteiger partial charge in [0, 0.05) is 24.4 Å². The van der Waals surface area contributed by atoms with E-state index < -0.39 is 0 Å². The van der Waals surface area contributed by atoms with Crippen LogP contribution in [0.15, 0.2) is 24.4 Å². The standard InChI is InChI=1S/C13H16FN3O2/c1-19-12-5-4-10(13(14)7-12)8-17-9-11(15-16-17)3-2-6-18/h4-5,7,9,18H,2-3,6,8H2,1H3. The smallest absolute Gasteiger partial charge is 0.131 e. The average Bonchev–Trinajstić information content (AvgIpc) is 2.86. The van der Waals surface area contributed by atoms with E-state index in [0.29, 0.717) is 30.7 Å². The van der Waals surface area contributed by atoms with Crippen LogP contribution in [0.2, 0.25) is 0 Å². The van der Waals surface area contributed by atoms with Gasteiger partial charge in [-0.25, -0.2) is 9.07 Å². The summed E-state index contributed by atoms with van der Waals surface area (Å²) < 4.78 is 20.3. The minimum Gasteiger partial charge on any atom is -0.497 e. The third kappa shape index (κ3) is 3.51. The van der Waals surface area contributed by atoms with Crippen LogP contribution in [-0.4, -0.2) is 33.8 Å². The van der Waals surface area contributed by atoms with Gasteiger partial charge in [-0.2, -0.15) is 0 Å². The first kappa shape index (κ1) is 13.5. The predicted molar refractivity (Wildman–Crippen MR) is 67.5 cm³/mol. The van der Waals surface area contributed by atoms with Gasteiger partial charge >= 0.3 is 0 Å². The fraction of sp³-hybridized carbons (Fsp3) is 0.385. The summed E-state index contributed by atoms with van der Waals surface area (Å²) in [6.45, 7) is 0.446. The zero-order chi connectivity index (χ0) is 13.7. The monoisotopic (exact) mass is 265 g/mol. The number of aliphatic hydroxyl groups excluding tert-OH is 1. The molecule has 0 unspecified atom stereocenters. The molecule has 0 saturated carbocycles. The molecule has 1 N–H and O–H groups in total. The lowest BCUT2D eigenvalue weighted by Crippen LogP contribution is -2.03. The van der Waals surface area contributed by atoms with E-state index in [1.165, 1.54) is 13.2 Å². The second-order valence-corrected chi connectivity index (χ2v) is 4.19. The molecule has 0 aliphatic heterocycles. The molecule has 0 fully saturated rings. The Morgan fingerprint density at radius 2 is 2.26 bits per heavy atom. The SMILES string of the molecule is COc1ccc(Cn2cc(CCCO)nn2)c(F)c1. The molecular formula is C13H16FN3O2. The van der Waals surface area contributed by atoms with Crippen molar-refractivity contribution in [1.82, 2.24) is 15.0 Å². The summed E-state index contributed by atoms with van der Waals surface area (Å²) >= 11 is 0. The fourth-order valence-electron chi connectivity index (χ4n) is 1.75. The van der Waals surface area contributed by atoms with Gasteiger partial charge in [-0.3, -0.25) is 0 Å². The van der Waals surface area contributed by atoms with Crippen LogP contribution >= 0.6 is 0 Å². The summed E-state index contributed by atoms with van der Waals surface area (Å²) in [5.74, 6) is 0.162. The molecule has 5 nitrogen and oxygen atoms in total. The maximum absolute atomic E-state index is 13.8. The van der Waals surface area contributed by atoms with Crippen molar-refractivity contribution in [2.75, 3.05) is 13.7 Å². The van der Waals surface area contributed by atoms with E-state index >= 15 is 0 Å². The van der Waals surface area contributed by atoms with Crippen LogP contribution in [0.3, 0.4) is 0 Å². The van der Waals surface area contributed by atoms with Gasteiger partial charge in [0.05, 0.1) is 19.3 Å². The zero-order valence-electron chi connectivity index (χ0n) is 10.7. The molecular weight excluding hydrogens is 249 g/mol.